The van der Waals surface area contributed by atoms with Crippen molar-refractivity contribution >= 4 is 23.2 Å². The van der Waals surface area contributed by atoms with Gasteiger partial charge in [0, 0.05) is 17.0 Å². The Hall–Kier alpha value is -4.52. The number of aliphatic imine (C=N–C) groups is 1. The molecule has 1 aliphatic heterocycles. The van der Waals surface area contributed by atoms with E-state index in [0.717, 1.165) is 17.0 Å². The summed E-state index contributed by atoms with van der Waals surface area (Å²) in [5, 5.41) is 6.81. The van der Waals surface area contributed by atoms with Gasteiger partial charge in [-0.3, -0.25) is 0 Å². The number of hydrogen-bond acceptors (Lipinski definition) is 6. The highest BCUT2D eigenvalue weighted by Gasteiger charge is 2.37. The number of benzene rings is 3. The van der Waals surface area contributed by atoms with Crippen molar-refractivity contribution in [3.63, 3.8) is 0 Å². The van der Waals surface area contributed by atoms with Crippen LogP contribution in [0.15, 0.2) is 113 Å². The molecule has 0 radical (unpaired) electrons. The van der Waals surface area contributed by atoms with E-state index in [2.05, 4.69) is 10.6 Å². The van der Waals surface area contributed by atoms with Crippen LogP contribution in [-0.4, -0.2) is 25.0 Å². The molecule has 1 heterocycles. The van der Waals surface area contributed by atoms with Crippen molar-refractivity contribution in [3.05, 3.63) is 113 Å². The van der Waals surface area contributed by atoms with Crippen LogP contribution in [0, 0.1) is 0 Å². The lowest BCUT2D eigenvalue weighted by atomic mass is 9.80. The zero-order valence-corrected chi connectivity index (χ0v) is 21.3. The fourth-order valence-corrected chi connectivity index (χ4v) is 4.31. The third-order valence-electron chi connectivity index (χ3n) is 5.91. The summed E-state index contributed by atoms with van der Waals surface area (Å²) in [6.45, 7) is 6.45. The smallest absolute Gasteiger partial charge is 0.336 e. The standard InChI is InChI=1S/C30H32N4O3/c1-4-36-24-18-16-23(17-19-24)33-28(31)27-26(21-12-8-6-9-13-21)25(30(35)37-5-2)20(3)32-29(27)34-22-14-10-7-11-15-22/h6-19,26,32,34H,4-5H2,1-3H3,(H2,31,33). The van der Waals surface area contributed by atoms with Gasteiger partial charge in [-0.2, -0.15) is 0 Å². The lowest BCUT2D eigenvalue weighted by Crippen LogP contribution is -2.37. The van der Waals surface area contributed by atoms with Gasteiger partial charge >= 0.3 is 5.97 Å². The Bertz CT molecular complexity index is 1310. The Labute approximate surface area is 217 Å². The third-order valence-corrected chi connectivity index (χ3v) is 5.91. The number of carbonyl (C=O) groups is 1. The average molecular weight is 497 g/mol. The minimum absolute atomic E-state index is 0.265. The summed E-state index contributed by atoms with van der Waals surface area (Å²) in [6.07, 6.45) is 0. The molecule has 4 N–H and O–H groups in total. The molecule has 7 heteroatoms. The van der Waals surface area contributed by atoms with E-state index < -0.39 is 11.9 Å². The molecule has 0 fully saturated rings. The van der Waals surface area contributed by atoms with Crippen molar-refractivity contribution in [2.75, 3.05) is 18.5 Å². The molecule has 1 atom stereocenters. The number of amidine groups is 1. The van der Waals surface area contributed by atoms with E-state index in [4.69, 9.17) is 20.2 Å². The second kappa shape index (κ2) is 11.9. The van der Waals surface area contributed by atoms with Crippen LogP contribution in [-0.2, 0) is 9.53 Å². The first-order chi connectivity index (χ1) is 18.0. The molecule has 4 rings (SSSR count). The maximum Gasteiger partial charge on any atom is 0.336 e. The Morgan fingerprint density at radius 2 is 1.57 bits per heavy atom. The molecule has 0 aromatic heterocycles. The van der Waals surface area contributed by atoms with E-state index in [1.807, 2.05) is 98.8 Å². The van der Waals surface area contributed by atoms with Crippen molar-refractivity contribution in [2.45, 2.75) is 26.7 Å². The molecule has 0 bridgehead atoms. The Kier molecular flexibility index (Phi) is 8.26. The number of dihydropyridines is 1. The van der Waals surface area contributed by atoms with Gasteiger partial charge in [-0.25, -0.2) is 9.79 Å². The van der Waals surface area contributed by atoms with Gasteiger partial charge in [-0.1, -0.05) is 48.5 Å². The van der Waals surface area contributed by atoms with Gasteiger partial charge < -0.3 is 25.8 Å². The number of hydrogen-bond donors (Lipinski definition) is 3. The second-order valence-electron chi connectivity index (χ2n) is 8.43. The van der Waals surface area contributed by atoms with Crippen LogP contribution < -0.4 is 21.1 Å². The first-order valence-electron chi connectivity index (χ1n) is 12.3. The van der Waals surface area contributed by atoms with Crippen LogP contribution in [0.4, 0.5) is 11.4 Å². The second-order valence-corrected chi connectivity index (χ2v) is 8.43. The number of anilines is 1. The summed E-state index contributed by atoms with van der Waals surface area (Å²) in [4.78, 5) is 18.0. The zero-order valence-electron chi connectivity index (χ0n) is 21.3. The number of rotatable bonds is 9. The molecule has 1 aliphatic rings. The summed E-state index contributed by atoms with van der Waals surface area (Å²) in [5.74, 6) is 0.789. The highest BCUT2D eigenvalue weighted by Crippen LogP contribution is 2.39. The van der Waals surface area contributed by atoms with Gasteiger partial charge in [0.2, 0.25) is 0 Å². The molecule has 0 spiro atoms. The molecule has 37 heavy (non-hydrogen) atoms. The number of carbonyl (C=O) groups excluding carboxylic acids is 1. The highest BCUT2D eigenvalue weighted by atomic mass is 16.5. The van der Waals surface area contributed by atoms with Gasteiger partial charge in [0.1, 0.15) is 17.4 Å². The van der Waals surface area contributed by atoms with Crippen molar-refractivity contribution in [3.8, 4) is 5.75 Å². The monoisotopic (exact) mass is 496 g/mol. The molecule has 3 aromatic rings. The van der Waals surface area contributed by atoms with Crippen LogP contribution in [0.2, 0.25) is 0 Å². The minimum atomic E-state index is -0.501. The van der Waals surface area contributed by atoms with Gasteiger partial charge in [0.05, 0.1) is 30.4 Å². The van der Waals surface area contributed by atoms with Crippen LogP contribution in [0.5, 0.6) is 5.75 Å². The molecular weight excluding hydrogens is 464 g/mol. The summed E-state index contributed by atoms with van der Waals surface area (Å²) in [5.41, 5.74) is 11.0. The van der Waals surface area contributed by atoms with Crippen molar-refractivity contribution in [1.82, 2.24) is 5.32 Å². The Morgan fingerprint density at radius 1 is 0.919 bits per heavy atom. The van der Waals surface area contributed by atoms with Crippen LogP contribution in [0.3, 0.4) is 0 Å². The van der Waals surface area contributed by atoms with E-state index in [-0.39, 0.29) is 12.4 Å². The fraction of sp³-hybridized carbons (Fsp3) is 0.200. The predicted octanol–water partition coefficient (Wildman–Crippen LogP) is 5.62. The topological polar surface area (TPSA) is 98.0 Å². The van der Waals surface area contributed by atoms with E-state index >= 15 is 0 Å². The number of nitrogens with two attached hydrogens (primary N) is 1. The van der Waals surface area contributed by atoms with Crippen LogP contribution in [0.1, 0.15) is 32.3 Å². The molecule has 0 amide bonds. The number of para-hydroxylation sites is 1. The number of nitrogens with one attached hydrogen (secondary N) is 2. The Balaban J connectivity index is 1.87. The summed E-state index contributed by atoms with van der Waals surface area (Å²) < 4.78 is 11.0. The first-order valence-corrected chi connectivity index (χ1v) is 12.3. The quantitative estimate of drug-likeness (QED) is 0.202. The third kappa shape index (κ3) is 6.01. The van der Waals surface area contributed by atoms with E-state index in [0.29, 0.717) is 35.0 Å². The van der Waals surface area contributed by atoms with Gasteiger partial charge in [-0.15, -0.1) is 0 Å². The summed E-state index contributed by atoms with van der Waals surface area (Å²) in [7, 11) is 0. The lowest BCUT2D eigenvalue weighted by Gasteiger charge is -2.32. The molecule has 0 saturated heterocycles. The molecule has 0 saturated carbocycles. The number of ether oxygens (including phenoxy) is 2. The maximum atomic E-state index is 13.2. The SMILES string of the molecule is CCOC(=O)C1=C(C)NC(Nc2ccccc2)=C(C(N)=Nc2ccc(OCC)cc2)C1c1ccccc1. The summed E-state index contributed by atoms with van der Waals surface area (Å²) >= 11 is 0. The molecular formula is C30H32N4O3. The normalized spacial score (nSPS) is 15.8. The zero-order chi connectivity index (χ0) is 26.2. The lowest BCUT2D eigenvalue weighted by molar-refractivity contribution is -0.138. The number of allylic oxidation sites excluding steroid dienone is 1. The maximum absolute atomic E-state index is 13.2. The molecule has 0 aliphatic carbocycles. The number of esters is 1. The van der Waals surface area contributed by atoms with E-state index in [1.54, 1.807) is 6.92 Å². The van der Waals surface area contributed by atoms with Crippen molar-refractivity contribution in [2.24, 2.45) is 10.7 Å². The van der Waals surface area contributed by atoms with E-state index in [1.165, 1.54) is 0 Å². The largest absolute Gasteiger partial charge is 0.494 e. The van der Waals surface area contributed by atoms with Gasteiger partial charge in [-0.05, 0) is 62.7 Å². The molecule has 190 valence electrons. The fourth-order valence-electron chi connectivity index (χ4n) is 4.31. The predicted molar refractivity (Wildman–Crippen MR) is 148 cm³/mol. The molecule has 1 unspecified atom stereocenters. The molecule has 3 aromatic carbocycles. The minimum Gasteiger partial charge on any atom is -0.494 e. The highest BCUT2D eigenvalue weighted by molar-refractivity contribution is 6.05. The van der Waals surface area contributed by atoms with E-state index in [9.17, 15) is 4.79 Å². The Morgan fingerprint density at radius 3 is 2.19 bits per heavy atom. The van der Waals surface area contributed by atoms with Crippen molar-refractivity contribution < 1.29 is 14.3 Å². The number of nitrogens with zero attached hydrogens (tertiary/aromatic N) is 1. The van der Waals surface area contributed by atoms with Crippen LogP contribution in [0.25, 0.3) is 0 Å². The summed E-state index contributed by atoms with van der Waals surface area (Å²) in [6, 6.07) is 27.0. The van der Waals surface area contributed by atoms with Crippen LogP contribution >= 0.6 is 0 Å². The van der Waals surface area contributed by atoms with Gasteiger partial charge in [0.15, 0.2) is 0 Å². The first kappa shape index (κ1) is 25.6. The van der Waals surface area contributed by atoms with Gasteiger partial charge in [0.25, 0.3) is 0 Å². The average Bonchev–Trinajstić information content (AvgIpc) is 2.90. The van der Waals surface area contributed by atoms with Crippen molar-refractivity contribution in [1.29, 1.82) is 0 Å². The molecule has 7 nitrogen and oxygen atoms in total.